The first-order valence-electron chi connectivity index (χ1n) is 9.60. The first-order chi connectivity index (χ1) is 14.2. The Morgan fingerprint density at radius 1 is 0.931 bits per heavy atom. The van der Waals surface area contributed by atoms with E-state index >= 15 is 0 Å². The van der Waals surface area contributed by atoms with Crippen molar-refractivity contribution in [1.82, 2.24) is 15.1 Å². The van der Waals surface area contributed by atoms with E-state index in [9.17, 15) is 4.79 Å². The third-order valence-electron chi connectivity index (χ3n) is 4.93. The number of hydrogen-bond donors (Lipinski definition) is 1. The smallest absolute Gasteiger partial charge is 0.254 e. The van der Waals surface area contributed by atoms with Gasteiger partial charge in [-0.05, 0) is 58.5 Å². The molecule has 1 N–H and O–H groups in total. The molecule has 0 bridgehead atoms. The van der Waals surface area contributed by atoms with Crippen LogP contribution in [0.4, 0.5) is 11.6 Å². The second-order valence-electron chi connectivity index (χ2n) is 6.91. The molecule has 1 aliphatic rings. The summed E-state index contributed by atoms with van der Waals surface area (Å²) in [7, 11) is 0. The van der Waals surface area contributed by atoms with Gasteiger partial charge in [0.25, 0.3) is 5.91 Å². The van der Waals surface area contributed by atoms with Gasteiger partial charge < -0.3 is 15.1 Å². The van der Waals surface area contributed by atoms with E-state index in [1.807, 2.05) is 59.5 Å². The van der Waals surface area contributed by atoms with E-state index in [-0.39, 0.29) is 5.91 Å². The number of hydrogen-bond acceptors (Lipinski definition) is 5. The number of nitrogens with one attached hydrogen (secondary N) is 1. The number of rotatable bonds is 5. The van der Waals surface area contributed by atoms with Gasteiger partial charge in [0.15, 0.2) is 5.82 Å². The van der Waals surface area contributed by atoms with Crippen molar-refractivity contribution < 1.29 is 4.79 Å². The van der Waals surface area contributed by atoms with Gasteiger partial charge in [0.1, 0.15) is 5.82 Å². The Balaban J connectivity index is 1.31. The van der Waals surface area contributed by atoms with Crippen LogP contribution in [-0.2, 0) is 6.54 Å². The molecule has 2 heterocycles. The fourth-order valence-corrected chi connectivity index (χ4v) is 3.86. The molecule has 29 heavy (non-hydrogen) atoms. The molecular formula is C22H22IN5O. The highest BCUT2D eigenvalue weighted by atomic mass is 127. The molecule has 1 aromatic heterocycles. The van der Waals surface area contributed by atoms with E-state index < -0.39 is 0 Å². The lowest BCUT2D eigenvalue weighted by Gasteiger charge is -2.35. The Bertz CT molecular complexity index is 956. The first kappa shape index (κ1) is 19.6. The van der Waals surface area contributed by atoms with Gasteiger partial charge in [-0.3, -0.25) is 4.79 Å². The van der Waals surface area contributed by atoms with Gasteiger partial charge in [-0.2, -0.15) is 0 Å². The molecule has 1 fully saturated rings. The van der Waals surface area contributed by atoms with Gasteiger partial charge in [-0.1, -0.05) is 36.4 Å². The Hall–Kier alpha value is -2.68. The maximum Gasteiger partial charge on any atom is 0.254 e. The Morgan fingerprint density at radius 2 is 1.72 bits per heavy atom. The van der Waals surface area contributed by atoms with Gasteiger partial charge in [0.05, 0.1) is 0 Å². The molecule has 1 amide bonds. The van der Waals surface area contributed by atoms with Crippen LogP contribution >= 0.6 is 22.6 Å². The lowest BCUT2D eigenvalue weighted by Crippen LogP contribution is -2.49. The molecule has 2 aromatic carbocycles. The van der Waals surface area contributed by atoms with Gasteiger partial charge in [-0.15, -0.1) is 10.2 Å². The zero-order valence-corrected chi connectivity index (χ0v) is 18.1. The summed E-state index contributed by atoms with van der Waals surface area (Å²) in [4.78, 5) is 16.8. The van der Waals surface area contributed by atoms with Crippen LogP contribution in [0.5, 0.6) is 0 Å². The summed E-state index contributed by atoms with van der Waals surface area (Å²) in [6, 6.07) is 21.9. The molecule has 6 nitrogen and oxygen atoms in total. The summed E-state index contributed by atoms with van der Waals surface area (Å²) in [5.74, 6) is 1.69. The summed E-state index contributed by atoms with van der Waals surface area (Å²) in [5.41, 5.74) is 1.95. The van der Waals surface area contributed by atoms with Crippen molar-refractivity contribution >= 4 is 40.1 Å². The molecule has 0 atom stereocenters. The van der Waals surface area contributed by atoms with Crippen molar-refractivity contribution in [2.75, 3.05) is 36.4 Å². The zero-order valence-electron chi connectivity index (χ0n) is 16.0. The SMILES string of the molecule is O=C(c1cccc(I)c1)N1CCN(c2ccc(NCc3ccccc3)nn2)CC1. The van der Waals surface area contributed by atoms with Crippen molar-refractivity contribution in [3.63, 3.8) is 0 Å². The van der Waals surface area contributed by atoms with Crippen LogP contribution in [0.2, 0.25) is 0 Å². The minimum absolute atomic E-state index is 0.0923. The highest BCUT2D eigenvalue weighted by molar-refractivity contribution is 14.1. The summed E-state index contributed by atoms with van der Waals surface area (Å²) in [5, 5.41) is 11.9. The van der Waals surface area contributed by atoms with E-state index in [0.29, 0.717) is 19.6 Å². The Morgan fingerprint density at radius 3 is 2.41 bits per heavy atom. The van der Waals surface area contributed by atoms with E-state index in [0.717, 1.165) is 33.9 Å². The summed E-state index contributed by atoms with van der Waals surface area (Å²) < 4.78 is 1.07. The average Bonchev–Trinajstić information content (AvgIpc) is 2.78. The standard InChI is InChI=1S/C22H22IN5O/c23-19-8-4-7-18(15-19)22(29)28-13-11-27(12-14-28)21-10-9-20(25-26-21)24-16-17-5-2-1-3-6-17/h1-10,15H,11-14,16H2,(H,24,25). The van der Waals surface area contributed by atoms with Crippen molar-refractivity contribution in [2.45, 2.75) is 6.54 Å². The first-order valence-corrected chi connectivity index (χ1v) is 10.7. The predicted molar refractivity (Wildman–Crippen MR) is 123 cm³/mol. The molecule has 1 saturated heterocycles. The predicted octanol–water partition coefficient (Wildman–Crippen LogP) is 3.66. The summed E-state index contributed by atoms with van der Waals surface area (Å²) in [6.45, 7) is 3.58. The largest absolute Gasteiger partial charge is 0.365 e. The highest BCUT2D eigenvalue weighted by Gasteiger charge is 2.23. The number of carbonyl (C=O) groups is 1. The molecule has 4 rings (SSSR count). The van der Waals surface area contributed by atoms with Crippen LogP contribution in [0.25, 0.3) is 0 Å². The molecule has 0 aliphatic carbocycles. The van der Waals surface area contributed by atoms with Crippen LogP contribution in [0, 0.1) is 3.57 Å². The van der Waals surface area contributed by atoms with Crippen molar-refractivity contribution in [3.8, 4) is 0 Å². The number of nitrogens with zero attached hydrogens (tertiary/aromatic N) is 4. The maximum atomic E-state index is 12.7. The summed E-state index contributed by atoms with van der Waals surface area (Å²) in [6.07, 6.45) is 0. The molecular weight excluding hydrogens is 477 g/mol. The monoisotopic (exact) mass is 499 g/mol. The lowest BCUT2D eigenvalue weighted by molar-refractivity contribution is 0.0746. The van der Waals surface area contributed by atoms with Crippen molar-refractivity contribution in [1.29, 1.82) is 0 Å². The molecule has 7 heteroatoms. The average molecular weight is 499 g/mol. The van der Waals surface area contributed by atoms with Gasteiger partial charge in [0.2, 0.25) is 0 Å². The third kappa shape index (κ3) is 5.03. The van der Waals surface area contributed by atoms with E-state index in [4.69, 9.17) is 0 Å². The second kappa shape index (κ2) is 9.21. The molecule has 0 unspecified atom stereocenters. The number of halogens is 1. The Labute approximate surface area is 184 Å². The van der Waals surface area contributed by atoms with Gasteiger partial charge >= 0.3 is 0 Å². The van der Waals surface area contributed by atoms with Crippen molar-refractivity contribution in [3.05, 3.63) is 81.4 Å². The molecule has 0 spiro atoms. The van der Waals surface area contributed by atoms with Crippen LogP contribution in [0.3, 0.4) is 0 Å². The van der Waals surface area contributed by atoms with Crippen molar-refractivity contribution in [2.24, 2.45) is 0 Å². The second-order valence-corrected chi connectivity index (χ2v) is 8.15. The van der Waals surface area contributed by atoms with E-state index in [1.165, 1.54) is 5.56 Å². The van der Waals surface area contributed by atoms with Crippen LogP contribution in [0.15, 0.2) is 66.7 Å². The minimum Gasteiger partial charge on any atom is -0.365 e. The van der Waals surface area contributed by atoms with Crippen LogP contribution in [-0.4, -0.2) is 47.2 Å². The fraction of sp³-hybridized carbons (Fsp3) is 0.227. The molecule has 0 radical (unpaired) electrons. The van der Waals surface area contributed by atoms with Gasteiger partial charge in [-0.25, -0.2) is 0 Å². The van der Waals surface area contributed by atoms with E-state index in [2.05, 4.69) is 55.1 Å². The Kier molecular flexibility index (Phi) is 6.24. The molecule has 1 aliphatic heterocycles. The number of anilines is 2. The maximum absolute atomic E-state index is 12.7. The fourth-order valence-electron chi connectivity index (χ4n) is 3.32. The van der Waals surface area contributed by atoms with E-state index in [1.54, 1.807) is 0 Å². The topological polar surface area (TPSA) is 61.4 Å². The number of benzene rings is 2. The number of aromatic nitrogens is 2. The zero-order chi connectivity index (χ0) is 20.1. The lowest BCUT2D eigenvalue weighted by atomic mass is 10.2. The highest BCUT2D eigenvalue weighted by Crippen LogP contribution is 2.17. The quantitative estimate of drug-likeness (QED) is 0.544. The molecule has 148 valence electrons. The minimum atomic E-state index is 0.0923. The molecule has 0 saturated carbocycles. The van der Waals surface area contributed by atoms with Crippen LogP contribution < -0.4 is 10.2 Å². The van der Waals surface area contributed by atoms with Gasteiger partial charge in [0, 0.05) is 41.9 Å². The number of piperazine rings is 1. The molecule has 3 aromatic rings. The summed E-state index contributed by atoms with van der Waals surface area (Å²) >= 11 is 2.23. The number of carbonyl (C=O) groups excluding carboxylic acids is 1. The third-order valence-corrected chi connectivity index (χ3v) is 5.60. The van der Waals surface area contributed by atoms with Crippen LogP contribution in [0.1, 0.15) is 15.9 Å². The number of amides is 1. The normalized spacial score (nSPS) is 14.0.